The molecule has 0 aliphatic heterocycles. The maximum absolute atomic E-state index is 11.2. The average Bonchev–Trinajstić information content (AvgIpc) is 1.99. The molecule has 0 heterocycles. The van der Waals surface area contributed by atoms with Crippen molar-refractivity contribution in [2.45, 2.75) is 26.2 Å². The number of rotatable bonds is 2. The van der Waals surface area contributed by atoms with Gasteiger partial charge in [-0.1, -0.05) is 26.8 Å². The van der Waals surface area contributed by atoms with E-state index in [1.165, 1.54) is 0 Å². The van der Waals surface area contributed by atoms with Crippen LogP contribution in [-0.4, -0.2) is 14.7 Å². The zero-order valence-electron chi connectivity index (χ0n) is 9.46. The second-order valence-electron chi connectivity index (χ2n) is 4.60. The molecule has 0 unspecified atom stereocenters. The summed E-state index contributed by atoms with van der Waals surface area (Å²) in [7, 11) is -3.22. The van der Waals surface area contributed by atoms with Crippen LogP contribution in [0.2, 0.25) is 0 Å². The van der Waals surface area contributed by atoms with E-state index in [-0.39, 0.29) is 5.41 Å². The van der Waals surface area contributed by atoms with Crippen LogP contribution in [0.1, 0.15) is 26.3 Å². The van der Waals surface area contributed by atoms with E-state index in [0.29, 0.717) is 5.69 Å². The number of anilines is 1. The molecule has 1 aromatic rings. The van der Waals surface area contributed by atoms with Crippen LogP contribution in [0.15, 0.2) is 18.2 Å². The Bertz CT molecular complexity index is 444. The van der Waals surface area contributed by atoms with Crippen molar-refractivity contribution >= 4 is 15.7 Å². The van der Waals surface area contributed by atoms with Crippen LogP contribution in [0, 0.1) is 6.07 Å². The van der Waals surface area contributed by atoms with Crippen LogP contribution in [0.25, 0.3) is 0 Å². The van der Waals surface area contributed by atoms with Gasteiger partial charge in [0.25, 0.3) is 0 Å². The van der Waals surface area contributed by atoms with Crippen LogP contribution < -0.4 is 4.72 Å². The van der Waals surface area contributed by atoms with Gasteiger partial charge in [0, 0.05) is 0 Å². The van der Waals surface area contributed by atoms with Gasteiger partial charge in [-0.15, -0.1) is 0 Å². The molecule has 1 rings (SSSR count). The quantitative estimate of drug-likeness (QED) is 0.840. The maximum atomic E-state index is 11.2. The zero-order chi connectivity index (χ0) is 11.7. The topological polar surface area (TPSA) is 46.2 Å². The molecule has 0 bridgehead atoms. The van der Waals surface area contributed by atoms with Crippen molar-refractivity contribution in [3.8, 4) is 0 Å². The Morgan fingerprint density at radius 2 is 1.93 bits per heavy atom. The molecule has 15 heavy (non-hydrogen) atoms. The van der Waals surface area contributed by atoms with E-state index >= 15 is 0 Å². The highest BCUT2D eigenvalue weighted by Gasteiger charge is 2.18. The summed E-state index contributed by atoms with van der Waals surface area (Å²) < 4.78 is 24.8. The Hall–Kier alpha value is -1.03. The Labute approximate surface area is 91.6 Å². The molecule has 0 aliphatic carbocycles. The Morgan fingerprint density at radius 1 is 1.33 bits per heavy atom. The minimum Gasteiger partial charge on any atom is -0.283 e. The lowest BCUT2D eigenvalue weighted by Gasteiger charge is -2.22. The fourth-order valence-electron chi connectivity index (χ4n) is 1.34. The summed E-state index contributed by atoms with van der Waals surface area (Å²) in [5, 5.41) is 0. The highest BCUT2D eigenvalue weighted by atomic mass is 32.2. The molecule has 1 N–H and O–H groups in total. The lowest BCUT2D eigenvalue weighted by atomic mass is 9.86. The molecule has 0 amide bonds. The Kier molecular flexibility index (Phi) is 3.09. The SMILES string of the molecule is CC(C)(C)c1c[c]ccc1NS(C)(=O)=O. The minimum absolute atomic E-state index is 0.106. The van der Waals surface area contributed by atoms with Crippen molar-refractivity contribution in [2.24, 2.45) is 0 Å². The van der Waals surface area contributed by atoms with Crippen molar-refractivity contribution < 1.29 is 8.42 Å². The van der Waals surface area contributed by atoms with Gasteiger partial charge in [-0.2, -0.15) is 0 Å². The largest absolute Gasteiger partial charge is 0.283 e. The molecular weight excluding hydrogens is 210 g/mol. The summed E-state index contributed by atoms with van der Waals surface area (Å²) >= 11 is 0. The van der Waals surface area contributed by atoms with Crippen LogP contribution in [-0.2, 0) is 15.4 Å². The van der Waals surface area contributed by atoms with E-state index in [0.717, 1.165) is 11.8 Å². The van der Waals surface area contributed by atoms with E-state index in [4.69, 9.17) is 0 Å². The molecule has 0 saturated carbocycles. The first-order chi connectivity index (χ1) is 6.70. The summed E-state index contributed by atoms with van der Waals surface area (Å²) in [6.07, 6.45) is 1.15. The third-order valence-corrected chi connectivity index (χ3v) is 2.56. The molecule has 0 aliphatic rings. The van der Waals surface area contributed by atoms with Crippen LogP contribution in [0.4, 0.5) is 5.69 Å². The molecule has 83 valence electrons. The number of hydrogen-bond donors (Lipinski definition) is 1. The molecule has 0 aromatic heterocycles. The van der Waals surface area contributed by atoms with Crippen molar-refractivity contribution in [3.05, 3.63) is 29.8 Å². The fourth-order valence-corrected chi connectivity index (χ4v) is 1.92. The van der Waals surface area contributed by atoms with Gasteiger partial charge in [0.2, 0.25) is 10.0 Å². The number of sulfonamides is 1. The van der Waals surface area contributed by atoms with Gasteiger partial charge in [0.05, 0.1) is 11.9 Å². The van der Waals surface area contributed by atoms with Crippen molar-refractivity contribution in [1.82, 2.24) is 0 Å². The smallest absolute Gasteiger partial charge is 0.229 e. The van der Waals surface area contributed by atoms with Gasteiger partial charge in [0.15, 0.2) is 0 Å². The Morgan fingerprint density at radius 3 is 2.40 bits per heavy atom. The standard InChI is InChI=1S/C11H16NO2S/c1-11(2,3)9-7-5-6-8-10(9)12-15(4,13)14/h6-8,12H,1-4H3. The second-order valence-corrected chi connectivity index (χ2v) is 6.34. The molecule has 0 spiro atoms. The number of nitrogens with one attached hydrogen (secondary N) is 1. The molecule has 0 fully saturated rings. The fraction of sp³-hybridized carbons (Fsp3) is 0.455. The molecule has 4 heteroatoms. The van der Waals surface area contributed by atoms with Gasteiger partial charge in [-0.25, -0.2) is 8.42 Å². The molecule has 0 atom stereocenters. The molecule has 1 aromatic carbocycles. The van der Waals surface area contributed by atoms with E-state index in [1.807, 2.05) is 26.8 Å². The van der Waals surface area contributed by atoms with Crippen LogP contribution in [0.5, 0.6) is 0 Å². The van der Waals surface area contributed by atoms with Crippen LogP contribution in [0.3, 0.4) is 0 Å². The van der Waals surface area contributed by atoms with E-state index in [9.17, 15) is 8.42 Å². The average molecular weight is 226 g/mol. The normalized spacial score (nSPS) is 12.5. The highest BCUT2D eigenvalue weighted by Crippen LogP contribution is 2.29. The monoisotopic (exact) mass is 226 g/mol. The van der Waals surface area contributed by atoms with Gasteiger partial charge in [0.1, 0.15) is 0 Å². The predicted octanol–water partition coefficient (Wildman–Crippen LogP) is 2.16. The summed E-state index contributed by atoms with van der Waals surface area (Å²) in [4.78, 5) is 0. The van der Waals surface area contributed by atoms with Gasteiger partial charge < -0.3 is 0 Å². The summed E-state index contributed by atoms with van der Waals surface area (Å²) in [6.45, 7) is 6.09. The third kappa shape index (κ3) is 3.55. The van der Waals surface area contributed by atoms with Crippen molar-refractivity contribution in [2.75, 3.05) is 11.0 Å². The maximum Gasteiger partial charge on any atom is 0.229 e. The summed E-state index contributed by atoms with van der Waals surface area (Å²) in [5.41, 5.74) is 1.46. The second kappa shape index (κ2) is 3.85. The van der Waals surface area contributed by atoms with Crippen molar-refractivity contribution in [3.63, 3.8) is 0 Å². The summed E-state index contributed by atoms with van der Waals surface area (Å²) in [5.74, 6) is 0. The summed E-state index contributed by atoms with van der Waals surface area (Å²) in [6, 6.07) is 8.19. The predicted molar refractivity (Wildman–Crippen MR) is 62.4 cm³/mol. The molecule has 1 radical (unpaired) electrons. The first-order valence-corrected chi connectivity index (χ1v) is 6.58. The van der Waals surface area contributed by atoms with E-state index < -0.39 is 10.0 Å². The molecule has 3 nitrogen and oxygen atoms in total. The van der Waals surface area contributed by atoms with E-state index in [1.54, 1.807) is 12.1 Å². The lowest BCUT2D eigenvalue weighted by Crippen LogP contribution is -2.17. The van der Waals surface area contributed by atoms with Crippen LogP contribution >= 0.6 is 0 Å². The van der Waals surface area contributed by atoms with E-state index in [2.05, 4.69) is 10.8 Å². The number of hydrogen-bond acceptors (Lipinski definition) is 2. The number of benzene rings is 1. The van der Waals surface area contributed by atoms with Crippen molar-refractivity contribution in [1.29, 1.82) is 0 Å². The third-order valence-electron chi connectivity index (χ3n) is 1.97. The first kappa shape index (κ1) is 12.0. The zero-order valence-corrected chi connectivity index (χ0v) is 10.3. The van der Waals surface area contributed by atoms with Gasteiger partial charge in [-0.3, -0.25) is 4.72 Å². The molecular formula is C11H16NO2S. The van der Waals surface area contributed by atoms with Gasteiger partial charge >= 0.3 is 0 Å². The molecule has 0 saturated heterocycles. The highest BCUT2D eigenvalue weighted by molar-refractivity contribution is 7.92. The minimum atomic E-state index is -3.22. The lowest BCUT2D eigenvalue weighted by molar-refractivity contribution is 0.591. The van der Waals surface area contributed by atoms with Gasteiger partial charge in [-0.05, 0) is 29.2 Å². The Balaban J connectivity index is 3.19. The first-order valence-electron chi connectivity index (χ1n) is 4.68.